The molecule has 4 nitrogen and oxygen atoms in total. The average Bonchev–Trinajstić information content (AvgIpc) is 2.39. The third kappa shape index (κ3) is 3.29. The molecule has 102 valence electrons. The van der Waals surface area contributed by atoms with Gasteiger partial charge in [-0.05, 0) is 59.0 Å². The number of aromatic carboxylic acids is 1. The van der Waals surface area contributed by atoms with E-state index >= 15 is 0 Å². The zero-order valence-corrected chi connectivity index (χ0v) is 13.0. The van der Waals surface area contributed by atoms with Gasteiger partial charge < -0.3 is 10.4 Å². The van der Waals surface area contributed by atoms with Gasteiger partial charge in [-0.3, -0.25) is 4.79 Å². The van der Waals surface area contributed by atoms with E-state index in [9.17, 15) is 14.7 Å². The van der Waals surface area contributed by atoms with E-state index in [1.54, 1.807) is 42.5 Å². The van der Waals surface area contributed by atoms with Gasteiger partial charge in [0.2, 0.25) is 0 Å². The molecule has 6 heteroatoms. The standard InChI is InChI=1S/C14H9ClINO3/c15-9-6-4-8(5-7-9)13(18)17-11-3-1-2-10(16)12(11)14(19)20/h1-7H,(H,17,18)(H,19,20). The number of carboxylic acid groups (broad SMARTS) is 1. The van der Waals surface area contributed by atoms with Crippen LogP contribution in [0.3, 0.4) is 0 Å². The summed E-state index contributed by atoms with van der Waals surface area (Å²) in [5.41, 5.74) is 0.754. The molecule has 0 heterocycles. The molecule has 2 rings (SSSR count). The highest BCUT2D eigenvalue weighted by atomic mass is 127. The number of carbonyl (C=O) groups is 2. The van der Waals surface area contributed by atoms with Gasteiger partial charge in [0.15, 0.2) is 0 Å². The highest BCUT2D eigenvalue weighted by molar-refractivity contribution is 14.1. The maximum Gasteiger partial charge on any atom is 0.338 e. The lowest BCUT2D eigenvalue weighted by Gasteiger charge is -2.10. The molecule has 20 heavy (non-hydrogen) atoms. The Labute approximate surface area is 133 Å². The number of carbonyl (C=O) groups excluding carboxylic acids is 1. The summed E-state index contributed by atoms with van der Waals surface area (Å²) >= 11 is 7.67. The van der Waals surface area contributed by atoms with Crippen LogP contribution < -0.4 is 5.32 Å². The monoisotopic (exact) mass is 401 g/mol. The second-order valence-electron chi connectivity index (χ2n) is 3.93. The lowest BCUT2D eigenvalue weighted by atomic mass is 10.1. The highest BCUT2D eigenvalue weighted by Gasteiger charge is 2.16. The van der Waals surface area contributed by atoms with Gasteiger partial charge in [-0.2, -0.15) is 0 Å². The molecule has 0 spiro atoms. The number of benzene rings is 2. The zero-order chi connectivity index (χ0) is 14.7. The molecule has 0 saturated carbocycles. The van der Waals surface area contributed by atoms with Crippen molar-refractivity contribution in [3.8, 4) is 0 Å². The lowest BCUT2D eigenvalue weighted by Crippen LogP contribution is -2.15. The van der Waals surface area contributed by atoms with Crippen LogP contribution in [0.5, 0.6) is 0 Å². The number of carboxylic acids is 1. The Morgan fingerprint density at radius 2 is 1.75 bits per heavy atom. The fourth-order valence-corrected chi connectivity index (χ4v) is 2.50. The minimum Gasteiger partial charge on any atom is -0.478 e. The van der Waals surface area contributed by atoms with Gasteiger partial charge in [0, 0.05) is 14.2 Å². The number of anilines is 1. The van der Waals surface area contributed by atoms with E-state index in [0.717, 1.165) is 0 Å². The van der Waals surface area contributed by atoms with E-state index in [1.165, 1.54) is 0 Å². The molecule has 0 aromatic heterocycles. The predicted octanol–water partition coefficient (Wildman–Crippen LogP) is 3.90. The summed E-state index contributed by atoms with van der Waals surface area (Å²) in [6.45, 7) is 0. The molecule has 2 aromatic carbocycles. The van der Waals surface area contributed by atoms with Crippen LogP contribution in [0.2, 0.25) is 5.02 Å². The minimum absolute atomic E-state index is 0.0791. The van der Waals surface area contributed by atoms with Crippen LogP contribution in [-0.4, -0.2) is 17.0 Å². The molecule has 2 N–H and O–H groups in total. The van der Waals surface area contributed by atoms with Gasteiger partial charge in [0.05, 0.1) is 11.3 Å². The second kappa shape index (κ2) is 6.23. The van der Waals surface area contributed by atoms with Crippen molar-refractivity contribution in [1.82, 2.24) is 0 Å². The van der Waals surface area contributed by atoms with Gasteiger partial charge in [-0.1, -0.05) is 17.7 Å². The quantitative estimate of drug-likeness (QED) is 0.767. The molecule has 1 amide bonds. The molecule has 0 unspecified atom stereocenters. The molecule has 0 radical (unpaired) electrons. The zero-order valence-electron chi connectivity index (χ0n) is 10.1. The van der Waals surface area contributed by atoms with Crippen molar-refractivity contribution in [2.24, 2.45) is 0 Å². The Kier molecular flexibility index (Phi) is 4.61. The molecule has 0 aliphatic carbocycles. The Morgan fingerprint density at radius 3 is 2.35 bits per heavy atom. The summed E-state index contributed by atoms with van der Waals surface area (Å²) in [6.07, 6.45) is 0. The highest BCUT2D eigenvalue weighted by Crippen LogP contribution is 2.22. The Morgan fingerprint density at radius 1 is 1.10 bits per heavy atom. The van der Waals surface area contributed by atoms with Crippen molar-refractivity contribution in [2.75, 3.05) is 5.32 Å². The average molecular weight is 402 g/mol. The number of amides is 1. The van der Waals surface area contributed by atoms with Crippen LogP contribution in [0.4, 0.5) is 5.69 Å². The molecule has 0 bridgehead atoms. The summed E-state index contributed by atoms with van der Waals surface area (Å²) in [6, 6.07) is 11.3. The minimum atomic E-state index is -1.08. The maximum atomic E-state index is 12.1. The van der Waals surface area contributed by atoms with Crippen molar-refractivity contribution in [3.05, 3.63) is 62.2 Å². The Bertz CT molecular complexity index is 671. The molecule has 0 aliphatic rings. The third-order valence-corrected chi connectivity index (χ3v) is 3.73. The first-order valence-electron chi connectivity index (χ1n) is 5.58. The van der Waals surface area contributed by atoms with E-state index in [0.29, 0.717) is 14.2 Å². The van der Waals surface area contributed by atoms with Crippen LogP contribution in [0.1, 0.15) is 20.7 Å². The van der Waals surface area contributed by atoms with Crippen LogP contribution >= 0.6 is 34.2 Å². The maximum absolute atomic E-state index is 12.1. The largest absolute Gasteiger partial charge is 0.478 e. The fourth-order valence-electron chi connectivity index (χ4n) is 1.64. The van der Waals surface area contributed by atoms with Crippen molar-refractivity contribution >= 4 is 51.8 Å². The van der Waals surface area contributed by atoms with Crippen molar-refractivity contribution in [3.63, 3.8) is 0 Å². The first-order chi connectivity index (χ1) is 9.49. The first-order valence-corrected chi connectivity index (χ1v) is 7.03. The van der Waals surface area contributed by atoms with Gasteiger partial charge >= 0.3 is 5.97 Å². The van der Waals surface area contributed by atoms with Gasteiger partial charge in [-0.15, -0.1) is 0 Å². The van der Waals surface area contributed by atoms with Crippen LogP contribution in [0.25, 0.3) is 0 Å². The predicted molar refractivity (Wildman–Crippen MR) is 85.5 cm³/mol. The van der Waals surface area contributed by atoms with Crippen molar-refractivity contribution in [2.45, 2.75) is 0 Å². The molecular weight excluding hydrogens is 393 g/mol. The molecule has 0 saturated heterocycles. The molecule has 2 aromatic rings. The van der Waals surface area contributed by atoms with Crippen LogP contribution in [0.15, 0.2) is 42.5 Å². The number of rotatable bonds is 3. The lowest BCUT2D eigenvalue weighted by molar-refractivity contribution is 0.0697. The Hall–Kier alpha value is -1.60. The Balaban J connectivity index is 2.30. The molecule has 0 atom stereocenters. The van der Waals surface area contributed by atoms with Crippen molar-refractivity contribution in [1.29, 1.82) is 0 Å². The summed E-state index contributed by atoms with van der Waals surface area (Å²) < 4.78 is 0.559. The SMILES string of the molecule is O=C(Nc1cccc(I)c1C(=O)O)c1ccc(Cl)cc1. The van der Waals surface area contributed by atoms with E-state index in [4.69, 9.17) is 11.6 Å². The second-order valence-corrected chi connectivity index (χ2v) is 5.53. The van der Waals surface area contributed by atoms with Gasteiger partial charge in [0.1, 0.15) is 0 Å². The normalized spacial score (nSPS) is 10.1. The van der Waals surface area contributed by atoms with Gasteiger partial charge in [-0.25, -0.2) is 4.79 Å². The molecular formula is C14H9ClINO3. The van der Waals surface area contributed by atoms with E-state index in [-0.39, 0.29) is 17.2 Å². The topological polar surface area (TPSA) is 66.4 Å². The summed E-state index contributed by atoms with van der Waals surface area (Å²) in [7, 11) is 0. The van der Waals surface area contributed by atoms with E-state index in [1.807, 2.05) is 22.6 Å². The van der Waals surface area contributed by atoms with Crippen molar-refractivity contribution < 1.29 is 14.7 Å². The first kappa shape index (κ1) is 14.8. The number of hydrogen-bond donors (Lipinski definition) is 2. The smallest absolute Gasteiger partial charge is 0.338 e. The van der Waals surface area contributed by atoms with E-state index in [2.05, 4.69) is 5.32 Å². The van der Waals surface area contributed by atoms with Crippen LogP contribution in [0, 0.1) is 3.57 Å². The summed E-state index contributed by atoms with van der Waals surface area (Å²) in [5.74, 6) is -1.47. The van der Waals surface area contributed by atoms with E-state index < -0.39 is 5.97 Å². The summed E-state index contributed by atoms with van der Waals surface area (Å²) in [4.78, 5) is 23.3. The van der Waals surface area contributed by atoms with Gasteiger partial charge in [0.25, 0.3) is 5.91 Å². The summed E-state index contributed by atoms with van der Waals surface area (Å²) in [5, 5.41) is 12.3. The number of halogens is 2. The molecule has 0 fully saturated rings. The molecule has 0 aliphatic heterocycles. The third-order valence-electron chi connectivity index (χ3n) is 2.58. The number of hydrogen-bond acceptors (Lipinski definition) is 2. The fraction of sp³-hybridized carbons (Fsp3) is 0. The van der Waals surface area contributed by atoms with Crippen LogP contribution in [-0.2, 0) is 0 Å². The number of nitrogens with one attached hydrogen (secondary N) is 1.